The first-order chi connectivity index (χ1) is 5.74. The van der Waals surface area contributed by atoms with Crippen molar-refractivity contribution in [1.82, 2.24) is 0 Å². The molecular formula is C9H18OSi2. The Kier molecular flexibility index (Phi) is 5.97. The molecule has 3 heteroatoms. The Morgan fingerprint density at radius 1 is 1.00 bits per heavy atom. The van der Waals surface area contributed by atoms with Crippen molar-refractivity contribution in [3.8, 4) is 0 Å². The van der Waals surface area contributed by atoms with Crippen LogP contribution in [0.3, 0.4) is 0 Å². The van der Waals surface area contributed by atoms with E-state index >= 15 is 0 Å². The molecule has 0 atom stereocenters. The van der Waals surface area contributed by atoms with Crippen molar-refractivity contribution in [2.75, 3.05) is 0 Å². The van der Waals surface area contributed by atoms with Crippen LogP contribution in [0.25, 0.3) is 0 Å². The Hall–Kier alpha value is -0.386. The van der Waals surface area contributed by atoms with Crippen LogP contribution in [0.5, 0.6) is 0 Å². The Bertz CT molecular complexity index is 139. The predicted molar refractivity (Wildman–Crippen MR) is 61.8 cm³/mol. The lowest BCUT2D eigenvalue weighted by atomic mass is 10.7. The van der Waals surface area contributed by atoms with Gasteiger partial charge in [-0.1, -0.05) is 18.2 Å². The van der Waals surface area contributed by atoms with E-state index in [1.807, 2.05) is 18.2 Å². The lowest BCUT2D eigenvalue weighted by Crippen LogP contribution is -2.35. The fourth-order valence-corrected chi connectivity index (χ4v) is 5.37. The minimum absolute atomic E-state index is 0.807. The molecule has 0 amide bonds. The van der Waals surface area contributed by atoms with E-state index in [-0.39, 0.29) is 0 Å². The monoisotopic (exact) mass is 198 g/mol. The van der Waals surface area contributed by atoms with E-state index in [0.29, 0.717) is 0 Å². The molecule has 68 valence electrons. The van der Waals surface area contributed by atoms with Crippen molar-refractivity contribution in [2.45, 2.75) is 18.1 Å². The molecule has 0 saturated heterocycles. The molecule has 0 radical (unpaired) electrons. The number of rotatable bonds is 7. The molecule has 0 unspecified atom stereocenters. The lowest BCUT2D eigenvalue weighted by Gasteiger charge is -2.26. The zero-order chi connectivity index (χ0) is 9.45. The number of allylic oxidation sites excluding steroid dienone is 3. The lowest BCUT2D eigenvalue weighted by molar-refractivity contribution is 0.599. The molecule has 0 saturated carbocycles. The summed E-state index contributed by atoms with van der Waals surface area (Å²) in [5.74, 6) is 0. The second kappa shape index (κ2) is 6.17. The molecule has 0 fully saturated rings. The maximum Gasteiger partial charge on any atom is 0.190 e. The van der Waals surface area contributed by atoms with Gasteiger partial charge in [0.1, 0.15) is 10.5 Å². The van der Waals surface area contributed by atoms with E-state index in [2.05, 4.69) is 19.7 Å². The fourth-order valence-electron chi connectivity index (χ4n) is 1.29. The summed E-state index contributed by atoms with van der Waals surface area (Å²) in [6, 6.07) is 3.03. The van der Waals surface area contributed by atoms with Crippen LogP contribution < -0.4 is 0 Å². The Labute approximate surface area is 79.5 Å². The second-order valence-electron chi connectivity index (χ2n) is 2.87. The molecule has 1 nitrogen and oxygen atoms in total. The molecule has 0 aliphatic heterocycles. The van der Waals surface area contributed by atoms with Gasteiger partial charge in [-0.3, -0.25) is 0 Å². The zero-order valence-electron chi connectivity index (χ0n) is 7.88. The Morgan fingerprint density at radius 2 is 1.33 bits per heavy atom. The van der Waals surface area contributed by atoms with Crippen molar-refractivity contribution < 1.29 is 4.12 Å². The standard InChI is InChI=1S/C9H18OSi2/c1-4-7-12(10-11,8-5-2)9-6-3/h4-6H,1-3,7-9H2,11H3. The summed E-state index contributed by atoms with van der Waals surface area (Å²) in [4.78, 5) is 0. The highest BCUT2D eigenvalue weighted by Gasteiger charge is 2.28. The van der Waals surface area contributed by atoms with Crippen molar-refractivity contribution >= 4 is 18.8 Å². The van der Waals surface area contributed by atoms with E-state index in [1.54, 1.807) is 0 Å². The van der Waals surface area contributed by atoms with E-state index in [0.717, 1.165) is 28.6 Å². The highest BCUT2D eigenvalue weighted by molar-refractivity contribution is 6.77. The van der Waals surface area contributed by atoms with Gasteiger partial charge >= 0.3 is 0 Å². The number of hydrogen-bond acceptors (Lipinski definition) is 1. The van der Waals surface area contributed by atoms with Gasteiger partial charge in [0.25, 0.3) is 0 Å². The first-order valence-corrected chi connectivity index (χ1v) is 7.47. The molecule has 0 aromatic carbocycles. The normalized spacial score (nSPS) is 11.0. The zero-order valence-corrected chi connectivity index (χ0v) is 10.9. The van der Waals surface area contributed by atoms with Gasteiger partial charge in [0.2, 0.25) is 0 Å². The molecule has 0 bridgehead atoms. The van der Waals surface area contributed by atoms with Gasteiger partial charge in [0.15, 0.2) is 8.32 Å². The summed E-state index contributed by atoms with van der Waals surface area (Å²) < 4.78 is 5.72. The minimum Gasteiger partial charge on any atom is -0.463 e. The average molecular weight is 198 g/mol. The van der Waals surface area contributed by atoms with E-state index < -0.39 is 8.32 Å². The molecule has 0 aliphatic rings. The Balaban J connectivity index is 4.35. The van der Waals surface area contributed by atoms with Gasteiger partial charge in [0.05, 0.1) is 0 Å². The summed E-state index contributed by atoms with van der Waals surface area (Å²) in [5.41, 5.74) is 0. The van der Waals surface area contributed by atoms with Gasteiger partial charge < -0.3 is 4.12 Å². The van der Waals surface area contributed by atoms with E-state index in [1.165, 1.54) is 0 Å². The predicted octanol–water partition coefficient (Wildman–Crippen LogP) is 1.79. The SMILES string of the molecule is C=CC[Si](CC=C)(CC=C)O[SiH3]. The minimum atomic E-state index is -1.56. The molecule has 0 N–H and O–H groups in total. The van der Waals surface area contributed by atoms with Gasteiger partial charge in [-0.15, -0.1) is 19.7 Å². The fraction of sp³-hybridized carbons (Fsp3) is 0.333. The average Bonchev–Trinajstić information content (AvgIpc) is 2.06. The summed E-state index contributed by atoms with van der Waals surface area (Å²) in [5, 5.41) is 0. The highest BCUT2D eigenvalue weighted by Crippen LogP contribution is 2.22. The third-order valence-electron chi connectivity index (χ3n) is 1.98. The smallest absolute Gasteiger partial charge is 0.190 e. The van der Waals surface area contributed by atoms with Crippen LogP contribution >= 0.6 is 0 Å². The first kappa shape index (κ1) is 11.6. The van der Waals surface area contributed by atoms with Crippen molar-refractivity contribution in [2.24, 2.45) is 0 Å². The Morgan fingerprint density at radius 3 is 1.50 bits per heavy atom. The largest absolute Gasteiger partial charge is 0.463 e. The van der Waals surface area contributed by atoms with Gasteiger partial charge in [-0.25, -0.2) is 0 Å². The van der Waals surface area contributed by atoms with Crippen LogP contribution in [0.2, 0.25) is 18.1 Å². The highest BCUT2D eigenvalue weighted by atomic mass is 28.4. The first-order valence-electron chi connectivity index (χ1n) is 4.12. The molecule has 0 spiro atoms. The molecule has 0 aromatic heterocycles. The van der Waals surface area contributed by atoms with Gasteiger partial charge in [-0.05, 0) is 18.1 Å². The quantitative estimate of drug-likeness (QED) is 0.448. The molecule has 0 aromatic rings. The van der Waals surface area contributed by atoms with Crippen molar-refractivity contribution in [3.05, 3.63) is 38.0 Å². The van der Waals surface area contributed by atoms with Crippen LogP contribution in [0.4, 0.5) is 0 Å². The number of hydrogen-bond donors (Lipinski definition) is 0. The van der Waals surface area contributed by atoms with Gasteiger partial charge in [0, 0.05) is 0 Å². The molecule has 0 rings (SSSR count). The van der Waals surface area contributed by atoms with E-state index in [9.17, 15) is 0 Å². The summed E-state index contributed by atoms with van der Waals surface area (Å²) >= 11 is 0. The molecule has 0 aliphatic carbocycles. The van der Waals surface area contributed by atoms with Crippen LogP contribution in [-0.4, -0.2) is 18.8 Å². The van der Waals surface area contributed by atoms with Crippen LogP contribution in [0, 0.1) is 0 Å². The third kappa shape index (κ3) is 3.34. The van der Waals surface area contributed by atoms with Crippen LogP contribution in [0.15, 0.2) is 38.0 Å². The maximum atomic E-state index is 5.72. The third-order valence-corrected chi connectivity index (χ3v) is 8.54. The van der Waals surface area contributed by atoms with Crippen molar-refractivity contribution in [1.29, 1.82) is 0 Å². The molecular weight excluding hydrogens is 180 g/mol. The summed E-state index contributed by atoms with van der Waals surface area (Å²) in [6.07, 6.45) is 5.87. The topological polar surface area (TPSA) is 9.23 Å². The summed E-state index contributed by atoms with van der Waals surface area (Å²) in [6.45, 7) is 11.3. The van der Waals surface area contributed by atoms with Gasteiger partial charge in [-0.2, -0.15) is 0 Å². The van der Waals surface area contributed by atoms with E-state index in [4.69, 9.17) is 4.12 Å². The second-order valence-corrected chi connectivity index (χ2v) is 8.09. The summed E-state index contributed by atoms with van der Waals surface area (Å²) in [7, 11) is -0.755. The van der Waals surface area contributed by atoms with Crippen LogP contribution in [-0.2, 0) is 4.12 Å². The molecule has 12 heavy (non-hydrogen) atoms. The van der Waals surface area contributed by atoms with Crippen LogP contribution in [0.1, 0.15) is 0 Å². The van der Waals surface area contributed by atoms with Crippen molar-refractivity contribution in [3.63, 3.8) is 0 Å². The molecule has 0 heterocycles. The maximum absolute atomic E-state index is 5.72.